The Hall–Kier alpha value is -0.870. The lowest BCUT2D eigenvalue weighted by molar-refractivity contribution is -0.125. The maximum atomic E-state index is 12.5. The highest BCUT2D eigenvalue weighted by atomic mass is 79.9. The number of hydrogen-bond acceptors (Lipinski definition) is 2. The predicted octanol–water partition coefficient (Wildman–Crippen LogP) is 3.36. The van der Waals surface area contributed by atoms with Crippen molar-refractivity contribution in [3.05, 3.63) is 34.3 Å². The fraction of sp³-hybridized carbons (Fsp3) is 0.562. The van der Waals surface area contributed by atoms with Crippen LogP contribution in [0.1, 0.15) is 46.1 Å². The number of nitrogens with two attached hydrogens (primary N) is 1. The second-order valence-electron chi connectivity index (χ2n) is 5.89. The van der Waals surface area contributed by atoms with Crippen LogP contribution in [0.25, 0.3) is 0 Å². The third kappa shape index (κ3) is 4.06. The van der Waals surface area contributed by atoms with Crippen LogP contribution >= 0.6 is 15.9 Å². The van der Waals surface area contributed by atoms with Gasteiger partial charge in [0.2, 0.25) is 5.91 Å². The smallest absolute Gasteiger partial charge is 0.230 e. The van der Waals surface area contributed by atoms with Crippen molar-refractivity contribution >= 4 is 21.8 Å². The van der Waals surface area contributed by atoms with E-state index < -0.39 is 5.41 Å². The van der Waals surface area contributed by atoms with Gasteiger partial charge in [-0.2, -0.15) is 0 Å². The highest BCUT2D eigenvalue weighted by Crippen LogP contribution is 2.26. The summed E-state index contributed by atoms with van der Waals surface area (Å²) >= 11 is 3.45. The van der Waals surface area contributed by atoms with Crippen molar-refractivity contribution in [2.45, 2.75) is 51.5 Å². The van der Waals surface area contributed by atoms with Gasteiger partial charge in [-0.15, -0.1) is 0 Å². The lowest BCUT2D eigenvalue weighted by atomic mass is 9.83. The van der Waals surface area contributed by atoms with Crippen LogP contribution in [0.5, 0.6) is 0 Å². The molecule has 0 spiro atoms. The van der Waals surface area contributed by atoms with Crippen molar-refractivity contribution in [3.63, 3.8) is 0 Å². The van der Waals surface area contributed by atoms with E-state index in [9.17, 15) is 4.79 Å². The van der Waals surface area contributed by atoms with Gasteiger partial charge in [-0.1, -0.05) is 41.9 Å². The van der Waals surface area contributed by atoms with E-state index in [1.54, 1.807) is 0 Å². The summed E-state index contributed by atoms with van der Waals surface area (Å²) in [5.41, 5.74) is 6.32. The molecule has 20 heavy (non-hydrogen) atoms. The summed E-state index contributed by atoms with van der Waals surface area (Å²) in [5.74, 6) is 0.00678. The van der Waals surface area contributed by atoms with Crippen LogP contribution in [0, 0.1) is 0 Å². The van der Waals surface area contributed by atoms with E-state index in [1.807, 2.05) is 38.1 Å². The van der Waals surface area contributed by atoms with Crippen molar-refractivity contribution in [3.8, 4) is 0 Å². The molecule has 0 bridgehead atoms. The summed E-state index contributed by atoms with van der Waals surface area (Å²) in [6, 6.07) is 7.85. The van der Waals surface area contributed by atoms with Gasteiger partial charge in [-0.3, -0.25) is 4.79 Å². The van der Waals surface area contributed by atoms with Crippen molar-refractivity contribution in [2.75, 3.05) is 6.54 Å². The molecule has 0 saturated heterocycles. The minimum atomic E-state index is -0.577. The third-order valence-electron chi connectivity index (χ3n) is 4.12. The van der Waals surface area contributed by atoms with Gasteiger partial charge >= 0.3 is 0 Å². The Balaban J connectivity index is 2.80. The largest absolute Gasteiger partial charge is 0.354 e. The van der Waals surface area contributed by atoms with E-state index in [0.717, 1.165) is 22.9 Å². The molecule has 0 aliphatic carbocycles. The van der Waals surface area contributed by atoms with E-state index in [2.05, 4.69) is 35.1 Å². The molecule has 0 aliphatic rings. The second kappa shape index (κ2) is 6.72. The molecule has 3 N–H and O–H groups in total. The quantitative estimate of drug-likeness (QED) is 0.834. The Morgan fingerprint density at radius 3 is 2.40 bits per heavy atom. The van der Waals surface area contributed by atoms with Crippen molar-refractivity contribution in [1.82, 2.24) is 5.32 Å². The highest BCUT2D eigenvalue weighted by molar-refractivity contribution is 9.10. The fourth-order valence-electron chi connectivity index (χ4n) is 1.99. The zero-order valence-electron chi connectivity index (χ0n) is 12.8. The van der Waals surface area contributed by atoms with Crippen molar-refractivity contribution in [2.24, 2.45) is 5.73 Å². The van der Waals surface area contributed by atoms with Crippen LogP contribution in [0.15, 0.2) is 28.7 Å². The van der Waals surface area contributed by atoms with Crippen LogP contribution in [0.3, 0.4) is 0 Å². The Morgan fingerprint density at radius 2 is 1.90 bits per heavy atom. The summed E-state index contributed by atoms with van der Waals surface area (Å²) in [6.45, 7) is 8.47. The number of hydrogen-bond donors (Lipinski definition) is 2. The molecule has 1 rings (SSSR count). The number of rotatable bonds is 6. The van der Waals surface area contributed by atoms with Gasteiger partial charge in [0.15, 0.2) is 0 Å². The molecule has 0 unspecified atom stereocenters. The predicted molar refractivity (Wildman–Crippen MR) is 87.7 cm³/mol. The molecule has 0 atom stereocenters. The average molecular weight is 341 g/mol. The van der Waals surface area contributed by atoms with Crippen LogP contribution in [0.2, 0.25) is 0 Å². The van der Waals surface area contributed by atoms with E-state index in [-0.39, 0.29) is 11.4 Å². The number of carbonyl (C=O) groups excluding carboxylic acids is 1. The number of nitrogens with one attached hydrogen (secondary N) is 1. The van der Waals surface area contributed by atoms with E-state index in [4.69, 9.17) is 5.73 Å². The van der Waals surface area contributed by atoms with Crippen LogP contribution in [0.4, 0.5) is 0 Å². The number of benzene rings is 1. The van der Waals surface area contributed by atoms with Crippen LogP contribution < -0.4 is 11.1 Å². The molecule has 0 aliphatic heterocycles. The Labute approximate surface area is 130 Å². The molecule has 0 saturated carbocycles. The molecule has 3 nitrogen and oxygen atoms in total. The van der Waals surface area contributed by atoms with Gasteiger partial charge in [-0.05, 0) is 44.4 Å². The summed E-state index contributed by atoms with van der Waals surface area (Å²) in [5, 5.41) is 3.00. The van der Waals surface area contributed by atoms with Gasteiger partial charge in [0.05, 0.1) is 5.41 Å². The second-order valence-corrected chi connectivity index (χ2v) is 6.80. The fourth-order valence-corrected chi connectivity index (χ4v) is 2.38. The molecule has 112 valence electrons. The molecule has 1 aromatic carbocycles. The zero-order chi connectivity index (χ0) is 15.4. The molecular formula is C16H25BrN2O. The van der Waals surface area contributed by atoms with Crippen molar-refractivity contribution < 1.29 is 4.79 Å². The minimum Gasteiger partial charge on any atom is -0.354 e. The normalized spacial score (nSPS) is 12.3. The van der Waals surface area contributed by atoms with Gasteiger partial charge in [0, 0.05) is 16.6 Å². The molecule has 1 amide bonds. The molecule has 0 fully saturated rings. The SMILES string of the molecule is CCC(N)(CC)CNC(=O)C(C)(C)c1cccc(Br)c1. The van der Waals surface area contributed by atoms with E-state index in [1.165, 1.54) is 0 Å². The Kier molecular flexibility index (Phi) is 5.78. The van der Waals surface area contributed by atoms with Gasteiger partial charge in [0.25, 0.3) is 0 Å². The van der Waals surface area contributed by atoms with Crippen LogP contribution in [-0.2, 0) is 10.2 Å². The highest BCUT2D eigenvalue weighted by Gasteiger charge is 2.31. The van der Waals surface area contributed by atoms with Gasteiger partial charge in [0.1, 0.15) is 0 Å². The molecule has 0 heterocycles. The van der Waals surface area contributed by atoms with Gasteiger partial charge < -0.3 is 11.1 Å². The standard InChI is InChI=1S/C16H25BrN2O/c1-5-16(18,6-2)11-19-14(20)15(3,4)12-8-7-9-13(17)10-12/h7-10H,5-6,11,18H2,1-4H3,(H,19,20). The van der Waals surface area contributed by atoms with Gasteiger partial charge in [-0.25, -0.2) is 0 Å². The zero-order valence-corrected chi connectivity index (χ0v) is 14.4. The molecular weight excluding hydrogens is 316 g/mol. The molecule has 0 aromatic heterocycles. The summed E-state index contributed by atoms with van der Waals surface area (Å²) in [7, 11) is 0. The lowest BCUT2D eigenvalue weighted by Gasteiger charge is -2.30. The molecule has 1 aromatic rings. The Bertz CT molecular complexity index is 467. The van der Waals surface area contributed by atoms with Crippen LogP contribution in [-0.4, -0.2) is 18.0 Å². The first-order valence-electron chi connectivity index (χ1n) is 7.08. The summed E-state index contributed by atoms with van der Waals surface area (Å²) < 4.78 is 0.978. The van der Waals surface area contributed by atoms with E-state index in [0.29, 0.717) is 6.54 Å². The third-order valence-corrected chi connectivity index (χ3v) is 4.62. The minimum absolute atomic E-state index is 0.00678. The number of carbonyl (C=O) groups is 1. The van der Waals surface area contributed by atoms with E-state index >= 15 is 0 Å². The number of amides is 1. The lowest BCUT2D eigenvalue weighted by Crippen LogP contribution is -2.52. The average Bonchev–Trinajstić information content (AvgIpc) is 2.44. The number of halogens is 1. The van der Waals surface area contributed by atoms with Crippen molar-refractivity contribution in [1.29, 1.82) is 0 Å². The maximum Gasteiger partial charge on any atom is 0.230 e. The molecule has 4 heteroatoms. The first-order valence-corrected chi connectivity index (χ1v) is 7.87. The summed E-state index contributed by atoms with van der Waals surface area (Å²) in [4.78, 5) is 12.5. The monoisotopic (exact) mass is 340 g/mol. The first kappa shape index (κ1) is 17.2. The first-order chi connectivity index (χ1) is 9.25. The summed E-state index contributed by atoms with van der Waals surface area (Å²) in [6.07, 6.45) is 1.70. The topological polar surface area (TPSA) is 55.1 Å². The maximum absolute atomic E-state index is 12.5. The Morgan fingerprint density at radius 1 is 1.30 bits per heavy atom. The molecule has 0 radical (unpaired) electrons.